The van der Waals surface area contributed by atoms with Crippen molar-refractivity contribution in [3.05, 3.63) is 53.7 Å². The third kappa shape index (κ3) is 5.65. The lowest BCUT2D eigenvalue weighted by Gasteiger charge is -2.23. The van der Waals surface area contributed by atoms with Crippen molar-refractivity contribution in [3.63, 3.8) is 0 Å². The minimum Gasteiger partial charge on any atom is -0.428 e. The minimum absolute atomic E-state index is 0.0225. The normalized spacial score (nSPS) is 16.6. The van der Waals surface area contributed by atoms with Gasteiger partial charge in [0.25, 0.3) is 5.89 Å². The van der Waals surface area contributed by atoms with Crippen molar-refractivity contribution in [2.24, 2.45) is 0 Å². The Morgan fingerprint density at radius 2 is 1.81 bits per heavy atom. The van der Waals surface area contributed by atoms with Crippen LogP contribution in [-0.2, 0) is 27.6 Å². The number of halogens is 5. The van der Waals surface area contributed by atoms with Gasteiger partial charge in [-0.2, -0.15) is 17.6 Å². The molecule has 0 saturated heterocycles. The van der Waals surface area contributed by atoms with Gasteiger partial charge in [-0.05, 0) is 29.8 Å². The molecule has 0 fully saturated rings. The van der Waals surface area contributed by atoms with Gasteiger partial charge in [-0.3, -0.25) is 9.00 Å². The molecule has 1 amide bonds. The number of fused-ring (bicyclic) bond motifs is 1. The van der Waals surface area contributed by atoms with Gasteiger partial charge in [-0.1, -0.05) is 32.9 Å². The van der Waals surface area contributed by atoms with Crippen LogP contribution in [0.1, 0.15) is 38.6 Å². The Hall–Kier alpha value is -3.35. The number of ether oxygens (including phenoxy) is 1. The molecule has 0 spiro atoms. The van der Waals surface area contributed by atoms with Crippen LogP contribution in [0, 0.1) is 5.82 Å². The van der Waals surface area contributed by atoms with Crippen LogP contribution in [0.25, 0.3) is 11.5 Å². The van der Waals surface area contributed by atoms with Gasteiger partial charge >= 0.3 is 12.5 Å². The van der Waals surface area contributed by atoms with Crippen LogP contribution < -0.4 is 9.64 Å². The third-order valence-electron chi connectivity index (χ3n) is 5.46. The van der Waals surface area contributed by atoms with E-state index in [1.807, 2.05) is 20.8 Å². The standard InChI is InChI=1S/C24H22F5N3O4S/c1-23(2,3)22-31-30-20(35-22)15-10-17-18(11-16(15)25)37(34)9-8-19(33)32(17)12-13-4-6-14(7-5-13)36-24(28,29)21(26)27/h4-7,10-11,21H,8-9,12H2,1-3H3. The summed E-state index contributed by atoms with van der Waals surface area (Å²) in [6.07, 6.45) is -8.76. The maximum atomic E-state index is 15.1. The molecule has 3 aromatic rings. The van der Waals surface area contributed by atoms with Crippen molar-refractivity contribution in [2.75, 3.05) is 10.7 Å². The summed E-state index contributed by atoms with van der Waals surface area (Å²) in [5.74, 6) is -1.52. The summed E-state index contributed by atoms with van der Waals surface area (Å²) in [5, 5.41) is 7.88. The molecule has 0 aliphatic carbocycles. The first-order chi connectivity index (χ1) is 17.3. The van der Waals surface area contributed by atoms with E-state index in [0.29, 0.717) is 5.56 Å². The quantitative estimate of drug-likeness (QED) is 0.384. The van der Waals surface area contributed by atoms with Crippen LogP contribution in [0.15, 0.2) is 45.7 Å². The molecule has 198 valence electrons. The Labute approximate surface area is 211 Å². The molecule has 1 aromatic heterocycles. The van der Waals surface area contributed by atoms with Gasteiger partial charge < -0.3 is 14.1 Å². The highest BCUT2D eigenvalue weighted by atomic mass is 32.2. The number of benzene rings is 2. The summed E-state index contributed by atoms with van der Waals surface area (Å²) in [4.78, 5) is 14.3. The molecule has 2 heterocycles. The van der Waals surface area contributed by atoms with Crippen molar-refractivity contribution >= 4 is 22.4 Å². The number of hydrogen-bond acceptors (Lipinski definition) is 6. The van der Waals surface area contributed by atoms with Gasteiger partial charge in [0.15, 0.2) is 0 Å². The predicted octanol–water partition coefficient (Wildman–Crippen LogP) is 5.45. The summed E-state index contributed by atoms with van der Waals surface area (Å²) < 4.78 is 88.7. The lowest BCUT2D eigenvalue weighted by molar-refractivity contribution is -0.253. The number of carbonyl (C=O) groups excluding carboxylic acids is 1. The number of nitrogens with zero attached hydrogens (tertiary/aromatic N) is 3. The maximum absolute atomic E-state index is 15.1. The van der Waals surface area contributed by atoms with Gasteiger partial charge in [0, 0.05) is 17.6 Å². The van der Waals surface area contributed by atoms with Gasteiger partial charge in [-0.15, -0.1) is 10.2 Å². The van der Waals surface area contributed by atoms with Crippen LogP contribution in [0.3, 0.4) is 0 Å². The molecular weight excluding hydrogens is 521 g/mol. The monoisotopic (exact) mass is 543 g/mol. The molecule has 1 aliphatic heterocycles. The van der Waals surface area contributed by atoms with E-state index in [0.717, 1.165) is 18.2 Å². The first-order valence-electron chi connectivity index (χ1n) is 11.1. The van der Waals surface area contributed by atoms with Crippen LogP contribution in [0.5, 0.6) is 5.75 Å². The first-order valence-corrected chi connectivity index (χ1v) is 12.4. The Morgan fingerprint density at radius 3 is 2.41 bits per heavy atom. The summed E-state index contributed by atoms with van der Waals surface area (Å²) in [5.41, 5.74) is 0.0126. The molecule has 1 atom stereocenters. The second-order valence-electron chi connectivity index (χ2n) is 9.35. The predicted molar refractivity (Wildman–Crippen MR) is 123 cm³/mol. The zero-order valence-corrected chi connectivity index (χ0v) is 20.8. The summed E-state index contributed by atoms with van der Waals surface area (Å²) in [7, 11) is -1.68. The van der Waals surface area contributed by atoms with Crippen LogP contribution in [0.2, 0.25) is 0 Å². The smallest absolute Gasteiger partial charge is 0.428 e. The number of amides is 1. The third-order valence-corrected chi connectivity index (χ3v) is 6.85. The second-order valence-corrected chi connectivity index (χ2v) is 10.9. The molecule has 37 heavy (non-hydrogen) atoms. The van der Waals surface area contributed by atoms with Crippen LogP contribution in [-0.4, -0.2) is 38.6 Å². The number of alkyl halides is 4. The van der Waals surface area contributed by atoms with Gasteiger partial charge in [0.05, 0.1) is 33.5 Å². The number of anilines is 1. The van der Waals surface area contributed by atoms with E-state index >= 15 is 4.39 Å². The van der Waals surface area contributed by atoms with Gasteiger partial charge in [-0.25, -0.2) is 4.39 Å². The van der Waals surface area contributed by atoms with E-state index < -0.39 is 46.2 Å². The van der Waals surface area contributed by atoms with Crippen LogP contribution in [0.4, 0.5) is 27.6 Å². The maximum Gasteiger partial charge on any atom is 0.461 e. The lowest BCUT2D eigenvalue weighted by atomic mass is 9.97. The molecule has 4 rings (SSSR count). The Bertz CT molecular complexity index is 1340. The molecule has 0 N–H and O–H groups in total. The number of carbonyl (C=O) groups is 1. The fourth-order valence-electron chi connectivity index (χ4n) is 3.52. The molecule has 7 nitrogen and oxygen atoms in total. The molecule has 0 saturated carbocycles. The zero-order valence-electron chi connectivity index (χ0n) is 19.9. The zero-order chi connectivity index (χ0) is 27.1. The molecule has 1 aliphatic rings. The van der Waals surface area contributed by atoms with Crippen molar-refractivity contribution < 1.29 is 40.1 Å². The summed E-state index contributed by atoms with van der Waals surface area (Å²) >= 11 is 0. The van der Waals surface area contributed by atoms with Crippen molar-refractivity contribution in [1.29, 1.82) is 0 Å². The molecule has 13 heteroatoms. The lowest BCUT2D eigenvalue weighted by Crippen LogP contribution is -2.33. The van der Waals surface area contributed by atoms with E-state index in [9.17, 15) is 26.6 Å². The Balaban J connectivity index is 1.69. The minimum atomic E-state index is -4.66. The topological polar surface area (TPSA) is 85.5 Å². The van der Waals surface area contributed by atoms with Crippen molar-refractivity contribution in [2.45, 2.75) is 56.6 Å². The van der Waals surface area contributed by atoms with E-state index in [-0.39, 0.29) is 46.6 Å². The largest absolute Gasteiger partial charge is 0.461 e. The van der Waals surface area contributed by atoms with E-state index in [1.165, 1.54) is 23.1 Å². The van der Waals surface area contributed by atoms with Gasteiger partial charge in [0.2, 0.25) is 11.8 Å². The number of rotatable bonds is 6. The SMILES string of the molecule is CC(C)(C)c1nnc(-c2cc3c(cc2F)S(=O)CCC(=O)N3Cc2ccc(OC(F)(F)C(F)F)cc2)o1. The van der Waals surface area contributed by atoms with E-state index in [2.05, 4.69) is 14.9 Å². The van der Waals surface area contributed by atoms with Gasteiger partial charge in [0.1, 0.15) is 11.6 Å². The summed E-state index contributed by atoms with van der Waals surface area (Å²) in [6.45, 7) is 5.42. The Morgan fingerprint density at radius 1 is 1.14 bits per heavy atom. The molecule has 2 aromatic carbocycles. The van der Waals surface area contributed by atoms with E-state index in [4.69, 9.17) is 4.42 Å². The number of hydrogen-bond donors (Lipinski definition) is 0. The molecule has 0 bridgehead atoms. The molecule has 1 unspecified atom stereocenters. The average Bonchev–Trinajstić information content (AvgIpc) is 3.29. The Kier molecular flexibility index (Phi) is 7.10. The highest BCUT2D eigenvalue weighted by molar-refractivity contribution is 7.85. The number of aromatic nitrogens is 2. The average molecular weight is 544 g/mol. The first kappa shape index (κ1) is 26.7. The second kappa shape index (κ2) is 9.84. The van der Waals surface area contributed by atoms with Crippen molar-refractivity contribution in [3.8, 4) is 17.2 Å². The highest BCUT2D eigenvalue weighted by Crippen LogP contribution is 2.37. The summed E-state index contributed by atoms with van der Waals surface area (Å²) in [6, 6.07) is 7.15. The fourth-order valence-corrected chi connectivity index (χ4v) is 4.73. The van der Waals surface area contributed by atoms with Crippen LogP contribution >= 0.6 is 0 Å². The van der Waals surface area contributed by atoms with E-state index in [1.54, 1.807) is 0 Å². The van der Waals surface area contributed by atoms with Crippen molar-refractivity contribution in [1.82, 2.24) is 10.2 Å². The fraction of sp³-hybridized carbons (Fsp3) is 0.375. The molecule has 0 radical (unpaired) electrons. The molecular formula is C24H22F5N3O4S. The highest BCUT2D eigenvalue weighted by Gasteiger charge is 2.44.